The first-order valence-electron chi connectivity index (χ1n) is 5.19. The van der Waals surface area contributed by atoms with Gasteiger partial charge < -0.3 is 10.2 Å². The molecule has 0 saturated carbocycles. The largest absolute Gasteiger partial charge is 0.481 e. The quantitative estimate of drug-likeness (QED) is 0.875. The zero-order valence-electron chi connectivity index (χ0n) is 9.52. The van der Waals surface area contributed by atoms with Crippen LogP contribution in [0.15, 0.2) is 18.2 Å². The van der Waals surface area contributed by atoms with Crippen molar-refractivity contribution in [3.05, 3.63) is 34.6 Å². The molecule has 0 heterocycles. The molecular formula is C12H14ClFO3. The van der Waals surface area contributed by atoms with Crippen molar-refractivity contribution < 1.29 is 19.4 Å². The predicted octanol–water partition coefficient (Wildman–Crippen LogP) is 2.87. The third-order valence-corrected chi connectivity index (χ3v) is 2.79. The number of halogens is 2. The van der Waals surface area contributed by atoms with E-state index in [4.69, 9.17) is 16.7 Å². The van der Waals surface area contributed by atoms with Gasteiger partial charge in [-0.1, -0.05) is 25.4 Å². The monoisotopic (exact) mass is 260 g/mol. The molecule has 0 spiro atoms. The van der Waals surface area contributed by atoms with Crippen molar-refractivity contribution in [2.75, 3.05) is 0 Å². The van der Waals surface area contributed by atoms with E-state index in [9.17, 15) is 14.3 Å². The smallest absolute Gasteiger partial charge is 0.309 e. The van der Waals surface area contributed by atoms with Crippen molar-refractivity contribution in [2.24, 2.45) is 11.8 Å². The van der Waals surface area contributed by atoms with Crippen LogP contribution in [-0.2, 0) is 4.79 Å². The Balaban J connectivity index is 3.09. The number of aliphatic carboxylic acids is 1. The molecule has 0 aliphatic carbocycles. The van der Waals surface area contributed by atoms with E-state index in [-0.39, 0.29) is 16.5 Å². The fourth-order valence-corrected chi connectivity index (χ4v) is 1.97. The number of carboxylic acid groups (broad SMARTS) is 1. The van der Waals surface area contributed by atoms with E-state index in [1.807, 2.05) is 0 Å². The second kappa shape index (κ2) is 5.47. The van der Waals surface area contributed by atoms with Crippen LogP contribution in [0, 0.1) is 17.7 Å². The van der Waals surface area contributed by atoms with Gasteiger partial charge in [-0.2, -0.15) is 0 Å². The molecule has 0 radical (unpaired) electrons. The Morgan fingerprint density at radius 1 is 1.35 bits per heavy atom. The molecule has 2 atom stereocenters. The molecule has 2 N–H and O–H groups in total. The normalized spacial score (nSPS) is 14.7. The summed E-state index contributed by atoms with van der Waals surface area (Å²) in [5.41, 5.74) is 0.177. The van der Waals surface area contributed by atoms with Gasteiger partial charge in [0, 0.05) is 5.02 Å². The number of hydrogen-bond donors (Lipinski definition) is 2. The van der Waals surface area contributed by atoms with Crippen molar-refractivity contribution in [1.29, 1.82) is 0 Å². The van der Waals surface area contributed by atoms with Gasteiger partial charge in [0.25, 0.3) is 0 Å². The van der Waals surface area contributed by atoms with Crippen LogP contribution >= 0.6 is 11.6 Å². The van der Waals surface area contributed by atoms with Gasteiger partial charge in [-0.05, 0) is 29.7 Å². The molecule has 0 amide bonds. The van der Waals surface area contributed by atoms with Crippen LogP contribution in [0.5, 0.6) is 0 Å². The second-order valence-corrected chi connectivity index (χ2v) is 4.69. The van der Waals surface area contributed by atoms with Gasteiger partial charge in [0.1, 0.15) is 5.82 Å². The zero-order chi connectivity index (χ0) is 13.2. The third kappa shape index (κ3) is 3.41. The lowest BCUT2D eigenvalue weighted by atomic mass is 9.86. The van der Waals surface area contributed by atoms with Crippen LogP contribution in [0.1, 0.15) is 25.5 Å². The maximum Gasteiger partial charge on any atom is 0.309 e. The Kier molecular flexibility index (Phi) is 4.48. The van der Waals surface area contributed by atoms with Crippen LogP contribution in [0.25, 0.3) is 0 Å². The first kappa shape index (κ1) is 13.9. The first-order valence-corrected chi connectivity index (χ1v) is 5.57. The summed E-state index contributed by atoms with van der Waals surface area (Å²) >= 11 is 5.66. The number of rotatable bonds is 4. The average molecular weight is 261 g/mol. The fraction of sp³-hybridized carbons (Fsp3) is 0.417. The standard InChI is InChI=1S/C12H14ClFO3/c1-6(2)10(12(16)17)11(15)7-3-8(13)5-9(14)4-7/h3-6,10-11,15H,1-2H3,(H,16,17). The Morgan fingerprint density at radius 2 is 1.94 bits per heavy atom. The molecule has 17 heavy (non-hydrogen) atoms. The molecule has 0 aliphatic heterocycles. The summed E-state index contributed by atoms with van der Waals surface area (Å²) in [6.07, 6.45) is -1.28. The van der Waals surface area contributed by atoms with Crippen LogP contribution < -0.4 is 0 Å². The summed E-state index contributed by atoms with van der Waals surface area (Å²) < 4.78 is 13.1. The van der Waals surface area contributed by atoms with Crippen LogP contribution in [0.3, 0.4) is 0 Å². The second-order valence-electron chi connectivity index (χ2n) is 4.26. The van der Waals surface area contributed by atoms with Crippen molar-refractivity contribution in [1.82, 2.24) is 0 Å². The summed E-state index contributed by atoms with van der Waals surface area (Å²) in [6, 6.07) is 3.56. The maximum atomic E-state index is 13.1. The highest BCUT2D eigenvalue weighted by Gasteiger charge is 2.31. The predicted molar refractivity (Wildman–Crippen MR) is 62.3 cm³/mol. The summed E-state index contributed by atoms with van der Waals surface area (Å²) in [7, 11) is 0. The van der Waals surface area contributed by atoms with E-state index in [1.54, 1.807) is 13.8 Å². The number of hydrogen-bond acceptors (Lipinski definition) is 2. The lowest BCUT2D eigenvalue weighted by molar-refractivity contribution is -0.148. The molecule has 0 fully saturated rings. The highest BCUT2D eigenvalue weighted by Crippen LogP contribution is 2.30. The zero-order valence-corrected chi connectivity index (χ0v) is 10.3. The topological polar surface area (TPSA) is 57.5 Å². The highest BCUT2D eigenvalue weighted by molar-refractivity contribution is 6.30. The van der Waals surface area contributed by atoms with Gasteiger partial charge in [0.15, 0.2) is 0 Å². The van der Waals surface area contributed by atoms with Crippen LogP contribution in [0.4, 0.5) is 4.39 Å². The molecule has 0 saturated heterocycles. The van der Waals surface area contributed by atoms with Gasteiger partial charge in [0.05, 0.1) is 12.0 Å². The Bertz CT molecular complexity index is 400. The van der Waals surface area contributed by atoms with E-state index < -0.39 is 23.8 Å². The van der Waals surface area contributed by atoms with Crippen molar-refractivity contribution in [3.63, 3.8) is 0 Å². The molecule has 2 unspecified atom stereocenters. The van der Waals surface area contributed by atoms with Crippen molar-refractivity contribution in [3.8, 4) is 0 Å². The molecule has 0 bridgehead atoms. The molecule has 0 aliphatic rings. The first-order chi connectivity index (χ1) is 7.82. The van der Waals surface area contributed by atoms with E-state index >= 15 is 0 Å². The number of carbonyl (C=O) groups is 1. The third-order valence-electron chi connectivity index (χ3n) is 2.57. The van der Waals surface area contributed by atoms with E-state index in [0.29, 0.717) is 0 Å². The summed E-state index contributed by atoms with van der Waals surface area (Å²) in [5.74, 6) is -2.98. The Morgan fingerprint density at radius 3 is 2.35 bits per heavy atom. The molecule has 1 rings (SSSR count). The minimum absolute atomic E-state index is 0.131. The van der Waals surface area contributed by atoms with E-state index in [1.165, 1.54) is 6.07 Å². The van der Waals surface area contributed by atoms with E-state index in [0.717, 1.165) is 12.1 Å². The summed E-state index contributed by atoms with van der Waals surface area (Å²) in [6.45, 7) is 3.37. The Labute approximate surface area is 104 Å². The molecule has 1 aromatic rings. The summed E-state index contributed by atoms with van der Waals surface area (Å²) in [4.78, 5) is 11.0. The van der Waals surface area contributed by atoms with Crippen LogP contribution in [-0.4, -0.2) is 16.2 Å². The average Bonchev–Trinajstić information content (AvgIpc) is 2.14. The maximum absolute atomic E-state index is 13.1. The lowest BCUT2D eigenvalue weighted by Gasteiger charge is -2.22. The number of aliphatic hydroxyl groups excluding tert-OH is 1. The van der Waals surface area contributed by atoms with Crippen molar-refractivity contribution >= 4 is 17.6 Å². The molecule has 0 aromatic heterocycles. The molecule has 3 nitrogen and oxygen atoms in total. The Hall–Kier alpha value is -1.13. The number of benzene rings is 1. The molecular weight excluding hydrogens is 247 g/mol. The van der Waals surface area contributed by atoms with E-state index in [2.05, 4.69) is 0 Å². The molecule has 94 valence electrons. The van der Waals surface area contributed by atoms with Gasteiger partial charge in [-0.25, -0.2) is 4.39 Å². The van der Waals surface area contributed by atoms with Gasteiger partial charge in [-0.15, -0.1) is 0 Å². The van der Waals surface area contributed by atoms with Crippen LogP contribution in [0.2, 0.25) is 5.02 Å². The van der Waals surface area contributed by atoms with Crippen molar-refractivity contribution in [2.45, 2.75) is 20.0 Å². The minimum Gasteiger partial charge on any atom is -0.481 e. The fourth-order valence-electron chi connectivity index (χ4n) is 1.74. The van der Waals surface area contributed by atoms with Gasteiger partial charge in [0.2, 0.25) is 0 Å². The van der Waals surface area contributed by atoms with Gasteiger partial charge in [-0.3, -0.25) is 4.79 Å². The van der Waals surface area contributed by atoms with Gasteiger partial charge >= 0.3 is 5.97 Å². The minimum atomic E-state index is -1.28. The SMILES string of the molecule is CC(C)C(C(=O)O)C(O)c1cc(F)cc(Cl)c1. The molecule has 1 aromatic carbocycles. The number of aliphatic hydroxyl groups is 1. The highest BCUT2D eigenvalue weighted by atomic mass is 35.5. The lowest BCUT2D eigenvalue weighted by Crippen LogP contribution is -2.27. The number of carboxylic acids is 1. The molecule has 5 heteroatoms. The summed E-state index contributed by atoms with van der Waals surface area (Å²) in [5, 5.41) is 19.1.